The topological polar surface area (TPSA) is 9.23 Å². The Morgan fingerprint density at radius 1 is 1.00 bits per heavy atom. The van der Waals surface area contributed by atoms with E-state index in [0.717, 1.165) is 31.0 Å². The van der Waals surface area contributed by atoms with Gasteiger partial charge >= 0.3 is 0 Å². The SMILES string of the molecule is CCC(C)CCCC(C)COCC1CCCCC1. The monoisotopic (exact) mass is 254 g/mol. The van der Waals surface area contributed by atoms with Crippen LogP contribution in [0.4, 0.5) is 0 Å². The van der Waals surface area contributed by atoms with Gasteiger partial charge in [0.15, 0.2) is 0 Å². The first-order valence-electron chi connectivity index (χ1n) is 8.30. The van der Waals surface area contributed by atoms with Gasteiger partial charge in [-0.3, -0.25) is 0 Å². The Kier molecular flexibility index (Phi) is 8.75. The summed E-state index contributed by atoms with van der Waals surface area (Å²) in [4.78, 5) is 0. The van der Waals surface area contributed by atoms with E-state index in [9.17, 15) is 0 Å². The van der Waals surface area contributed by atoms with Crippen LogP contribution in [0.5, 0.6) is 0 Å². The van der Waals surface area contributed by atoms with Crippen LogP contribution in [-0.2, 0) is 4.74 Å². The molecule has 108 valence electrons. The second-order valence-corrected chi connectivity index (χ2v) is 6.59. The minimum Gasteiger partial charge on any atom is -0.381 e. The van der Waals surface area contributed by atoms with Crippen molar-refractivity contribution < 1.29 is 4.74 Å². The van der Waals surface area contributed by atoms with Crippen LogP contribution in [0.25, 0.3) is 0 Å². The molecule has 0 heterocycles. The van der Waals surface area contributed by atoms with E-state index < -0.39 is 0 Å². The number of hydrogen-bond donors (Lipinski definition) is 0. The van der Waals surface area contributed by atoms with Gasteiger partial charge in [0, 0.05) is 13.2 Å². The van der Waals surface area contributed by atoms with E-state index in [1.165, 1.54) is 57.8 Å². The molecule has 0 bridgehead atoms. The molecule has 0 aromatic heterocycles. The largest absolute Gasteiger partial charge is 0.381 e. The summed E-state index contributed by atoms with van der Waals surface area (Å²) < 4.78 is 5.92. The lowest BCUT2D eigenvalue weighted by Crippen LogP contribution is -2.16. The maximum absolute atomic E-state index is 5.92. The maximum atomic E-state index is 5.92. The molecule has 1 heteroatoms. The second-order valence-electron chi connectivity index (χ2n) is 6.59. The fourth-order valence-corrected chi connectivity index (χ4v) is 2.89. The molecular formula is C17H34O. The molecule has 0 N–H and O–H groups in total. The summed E-state index contributed by atoms with van der Waals surface area (Å²) in [6.45, 7) is 9.01. The zero-order chi connectivity index (χ0) is 13.2. The Bertz CT molecular complexity index is 184. The molecule has 0 amide bonds. The van der Waals surface area contributed by atoms with Crippen LogP contribution in [0.3, 0.4) is 0 Å². The van der Waals surface area contributed by atoms with Crippen molar-refractivity contribution in [1.29, 1.82) is 0 Å². The van der Waals surface area contributed by atoms with Crippen molar-refractivity contribution in [3.63, 3.8) is 0 Å². The molecule has 1 nitrogen and oxygen atoms in total. The minimum atomic E-state index is 0.748. The molecule has 0 radical (unpaired) electrons. The Hall–Kier alpha value is -0.0400. The summed E-state index contributed by atoms with van der Waals surface area (Å²) in [6.07, 6.45) is 12.6. The van der Waals surface area contributed by atoms with Gasteiger partial charge in [-0.1, -0.05) is 59.3 Å². The van der Waals surface area contributed by atoms with Gasteiger partial charge in [0.1, 0.15) is 0 Å². The van der Waals surface area contributed by atoms with E-state index in [2.05, 4.69) is 20.8 Å². The van der Waals surface area contributed by atoms with Crippen LogP contribution in [0.15, 0.2) is 0 Å². The molecule has 0 aromatic carbocycles. The van der Waals surface area contributed by atoms with Crippen molar-refractivity contribution in [2.45, 2.75) is 78.6 Å². The first-order valence-corrected chi connectivity index (χ1v) is 8.30. The van der Waals surface area contributed by atoms with E-state index in [0.29, 0.717) is 0 Å². The molecule has 0 saturated heterocycles. The highest BCUT2D eigenvalue weighted by Crippen LogP contribution is 2.24. The van der Waals surface area contributed by atoms with Gasteiger partial charge in [-0.15, -0.1) is 0 Å². The fourth-order valence-electron chi connectivity index (χ4n) is 2.89. The average Bonchev–Trinajstić information content (AvgIpc) is 2.39. The standard InChI is InChI=1S/C17H34O/c1-4-15(2)9-8-10-16(3)13-18-14-17-11-6-5-7-12-17/h15-17H,4-14H2,1-3H3. The van der Waals surface area contributed by atoms with Crippen LogP contribution < -0.4 is 0 Å². The van der Waals surface area contributed by atoms with Crippen molar-refractivity contribution in [3.8, 4) is 0 Å². The Morgan fingerprint density at radius 2 is 1.67 bits per heavy atom. The quantitative estimate of drug-likeness (QED) is 0.532. The van der Waals surface area contributed by atoms with Crippen molar-refractivity contribution >= 4 is 0 Å². The van der Waals surface area contributed by atoms with Gasteiger partial charge in [0.25, 0.3) is 0 Å². The molecule has 0 aromatic rings. The lowest BCUT2D eigenvalue weighted by atomic mass is 9.90. The normalized spacial score (nSPS) is 20.8. The molecule has 2 atom stereocenters. The third kappa shape index (κ3) is 7.41. The highest BCUT2D eigenvalue weighted by Gasteiger charge is 2.13. The predicted molar refractivity (Wildman–Crippen MR) is 79.9 cm³/mol. The van der Waals surface area contributed by atoms with Gasteiger partial charge in [-0.05, 0) is 37.0 Å². The van der Waals surface area contributed by atoms with Gasteiger partial charge in [0.05, 0.1) is 0 Å². The molecule has 18 heavy (non-hydrogen) atoms. The highest BCUT2D eigenvalue weighted by molar-refractivity contribution is 4.65. The zero-order valence-electron chi connectivity index (χ0n) is 12.9. The Labute approximate surface area is 115 Å². The van der Waals surface area contributed by atoms with E-state index in [4.69, 9.17) is 4.74 Å². The third-order valence-electron chi connectivity index (χ3n) is 4.57. The van der Waals surface area contributed by atoms with Crippen LogP contribution in [0.2, 0.25) is 0 Å². The minimum absolute atomic E-state index is 0.748. The number of ether oxygens (including phenoxy) is 1. The molecule has 2 unspecified atom stereocenters. The van der Waals surface area contributed by atoms with Crippen molar-refractivity contribution in [2.24, 2.45) is 17.8 Å². The van der Waals surface area contributed by atoms with Crippen LogP contribution in [0, 0.1) is 17.8 Å². The number of hydrogen-bond acceptors (Lipinski definition) is 1. The Morgan fingerprint density at radius 3 is 2.33 bits per heavy atom. The molecule has 0 aliphatic heterocycles. The summed E-state index contributed by atoms with van der Waals surface area (Å²) in [5.74, 6) is 2.52. The van der Waals surface area contributed by atoms with Crippen molar-refractivity contribution in [1.82, 2.24) is 0 Å². The molecule has 1 fully saturated rings. The number of rotatable bonds is 9. The molecule has 1 aliphatic carbocycles. The molecular weight excluding hydrogens is 220 g/mol. The van der Waals surface area contributed by atoms with Crippen molar-refractivity contribution in [2.75, 3.05) is 13.2 Å². The van der Waals surface area contributed by atoms with E-state index >= 15 is 0 Å². The summed E-state index contributed by atoms with van der Waals surface area (Å²) in [5, 5.41) is 0. The Balaban J connectivity index is 1.94. The molecule has 0 spiro atoms. The van der Waals surface area contributed by atoms with Gasteiger partial charge < -0.3 is 4.74 Å². The molecule has 1 rings (SSSR count). The van der Waals surface area contributed by atoms with Gasteiger partial charge in [-0.25, -0.2) is 0 Å². The lowest BCUT2D eigenvalue weighted by molar-refractivity contribution is 0.0615. The third-order valence-corrected chi connectivity index (χ3v) is 4.57. The van der Waals surface area contributed by atoms with Crippen molar-refractivity contribution in [3.05, 3.63) is 0 Å². The zero-order valence-corrected chi connectivity index (χ0v) is 12.9. The van der Waals surface area contributed by atoms with Gasteiger partial charge in [0.2, 0.25) is 0 Å². The van der Waals surface area contributed by atoms with Crippen LogP contribution >= 0.6 is 0 Å². The first-order chi connectivity index (χ1) is 8.72. The summed E-state index contributed by atoms with van der Waals surface area (Å²) >= 11 is 0. The van der Waals surface area contributed by atoms with E-state index in [1.807, 2.05) is 0 Å². The second kappa shape index (κ2) is 9.83. The average molecular weight is 254 g/mol. The molecule has 1 saturated carbocycles. The smallest absolute Gasteiger partial charge is 0.0494 e. The summed E-state index contributed by atoms with van der Waals surface area (Å²) in [5.41, 5.74) is 0. The lowest BCUT2D eigenvalue weighted by Gasteiger charge is -2.22. The summed E-state index contributed by atoms with van der Waals surface area (Å²) in [6, 6.07) is 0. The fraction of sp³-hybridized carbons (Fsp3) is 1.00. The van der Waals surface area contributed by atoms with E-state index in [1.54, 1.807) is 0 Å². The van der Waals surface area contributed by atoms with Crippen LogP contribution in [0.1, 0.15) is 78.6 Å². The first kappa shape index (κ1) is 16.0. The van der Waals surface area contributed by atoms with Gasteiger partial charge in [-0.2, -0.15) is 0 Å². The molecule has 1 aliphatic rings. The summed E-state index contributed by atoms with van der Waals surface area (Å²) in [7, 11) is 0. The van der Waals surface area contributed by atoms with E-state index in [-0.39, 0.29) is 0 Å². The van der Waals surface area contributed by atoms with Crippen LogP contribution in [-0.4, -0.2) is 13.2 Å². The highest BCUT2D eigenvalue weighted by atomic mass is 16.5. The maximum Gasteiger partial charge on any atom is 0.0494 e. The predicted octanol–water partition coefficient (Wildman–Crippen LogP) is 5.44.